The molecule has 2 rings (SSSR count). The van der Waals surface area contributed by atoms with E-state index in [1.165, 1.54) is 17.1 Å². The number of hydrogen-bond donors (Lipinski definition) is 1. The third-order valence-corrected chi connectivity index (χ3v) is 2.85. The van der Waals surface area contributed by atoms with E-state index in [0.29, 0.717) is 6.54 Å². The Kier molecular flexibility index (Phi) is 3.42. The smallest absolute Gasteiger partial charge is 0.141 e. The van der Waals surface area contributed by atoms with Crippen LogP contribution in [0.25, 0.3) is 0 Å². The standard InChI is InChI=1S/C11H11FN2S/c12-9-3-4-10(14-6-9)7-13-8-11-2-1-5-15-11/h1-6,13H,7-8H2. The van der Waals surface area contributed by atoms with Gasteiger partial charge in [0.25, 0.3) is 0 Å². The van der Waals surface area contributed by atoms with Crippen molar-refractivity contribution in [2.45, 2.75) is 13.1 Å². The van der Waals surface area contributed by atoms with Crippen molar-refractivity contribution in [2.75, 3.05) is 0 Å². The normalized spacial score (nSPS) is 10.5. The SMILES string of the molecule is Fc1ccc(CNCc2cccs2)nc1. The maximum atomic E-state index is 12.6. The second kappa shape index (κ2) is 5.00. The Hall–Kier alpha value is -1.26. The van der Waals surface area contributed by atoms with Crippen molar-refractivity contribution in [3.63, 3.8) is 0 Å². The predicted octanol–water partition coefficient (Wildman–Crippen LogP) is 2.57. The van der Waals surface area contributed by atoms with Crippen LogP contribution in [0.2, 0.25) is 0 Å². The van der Waals surface area contributed by atoms with Crippen LogP contribution in [0.15, 0.2) is 35.8 Å². The molecule has 2 heterocycles. The molecule has 0 aromatic carbocycles. The monoisotopic (exact) mass is 222 g/mol. The molecule has 0 aliphatic rings. The summed E-state index contributed by atoms with van der Waals surface area (Å²) < 4.78 is 12.6. The lowest BCUT2D eigenvalue weighted by molar-refractivity contribution is 0.614. The first-order valence-electron chi connectivity index (χ1n) is 4.68. The van der Waals surface area contributed by atoms with Gasteiger partial charge in [0.2, 0.25) is 0 Å². The molecule has 0 saturated heterocycles. The van der Waals surface area contributed by atoms with E-state index in [1.807, 2.05) is 11.4 Å². The molecule has 0 atom stereocenters. The molecule has 4 heteroatoms. The first kappa shape index (κ1) is 10.3. The molecule has 78 valence electrons. The molecule has 0 fully saturated rings. The Morgan fingerprint density at radius 2 is 2.20 bits per heavy atom. The minimum absolute atomic E-state index is 0.294. The highest BCUT2D eigenvalue weighted by atomic mass is 32.1. The van der Waals surface area contributed by atoms with Crippen molar-refractivity contribution in [3.8, 4) is 0 Å². The van der Waals surface area contributed by atoms with Gasteiger partial charge in [-0.3, -0.25) is 4.98 Å². The van der Waals surface area contributed by atoms with Crippen LogP contribution in [0.3, 0.4) is 0 Å². The number of nitrogens with zero attached hydrogens (tertiary/aromatic N) is 1. The summed E-state index contributed by atoms with van der Waals surface area (Å²) >= 11 is 1.72. The average molecular weight is 222 g/mol. The molecule has 15 heavy (non-hydrogen) atoms. The van der Waals surface area contributed by atoms with Gasteiger partial charge < -0.3 is 5.32 Å². The summed E-state index contributed by atoms with van der Waals surface area (Å²) in [6.07, 6.45) is 1.24. The van der Waals surface area contributed by atoms with Crippen molar-refractivity contribution in [1.29, 1.82) is 0 Å². The molecular formula is C11H11FN2S. The first-order valence-corrected chi connectivity index (χ1v) is 5.56. The molecule has 0 aliphatic heterocycles. The molecule has 0 amide bonds. The Balaban J connectivity index is 1.81. The fourth-order valence-corrected chi connectivity index (χ4v) is 1.91. The zero-order valence-electron chi connectivity index (χ0n) is 8.11. The molecule has 2 nitrogen and oxygen atoms in total. The largest absolute Gasteiger partial charge is 0.306 e. The van der Waals surface area contributed by atoms with Crippen LogP contribution in [-0.2, 0) is 13.1 Å². The minimum Gasteiger partial charge on any atom is -0.306 e. The first-order chi connectivity index (χ1) is 7.34. The van der Waals surface area contributed by atoms with Crippen molar-refractivity contribution in [3.05, 3.63) is 52.2 Å². The molecule has 0 radical (unpaired) electrons. The molecule has 0 bridgehead atoms. The summed E-state index contributed by atoms with van der Waals surface area (Å²) in [4.78, 5) is 5.25. The van der Waals surface area contributed by atoms with Crippen LogP contribution < -0.4 is 5.32 Å². The fourth-order valence-electron chi connectivity index (χ4n) is 1.24. The summed E-state index contributed by atoms with van der Waals surface area (Å²) in [5.74, 6) is -0.294. The van der Waals surface area contributed by atoms with Gasteiger partial charge in [0, 0.05) is 18.0 Å². The predicted molar refractivity (Wildman–Crippen MR) is 59.1 cm³/mol. The lowest BCUT2D eigenvalue weighted by atomic mass is 10.3. The average Bonchev–Trinajstić information content (AvgIpc) is 2.74. The second-order valence-electron chi connectivity index (χ2n) is 3.15. The van der Waals surface area contributed by atoms with Crippen LogP contribution in [0.1, 0.15) is 10.6 Å². The maximum absolute atomic E-state index is 12.6. The van der Waals surface area contributed by atoms with Crippen LogP contribution in [0.5, 0.6) is 0 Å². The van der Waals surface area contributed by atoms with Crippen molar-refractivity contribution < 1.29 is 4.39 Å². The van der Waals surface area contributed by atoms with E-state index in [1.54, 1.807) is 17.4 Å². The van der Waals surface area contributed by atoms with Gasteiger partial charge in [0.05, 0.1) is 11.9 Å². The van der Waals surface area contributed by atoms with Gasteiger partial charge in [-0.1, -0.05) is 6.07 Å². The number of hydrogen-bond acceptors (Lipinski definition) is 3. The number of halogens is 1. The molecule has 0 unspecified atom stereocenters. The molecule has 0 spiro atoms. The fraction of sp³-hybridized carbons (Fsp3) is 0.182. The number of aromatic nitrogens is 1. The highest BCUT2D eigenvalue weighted by Crippen LogP contribution is 2.07. The van der Waals surface area contributed by atoms with E-state index >= 15 is 0 Å². The quantitative estimate of drug-likeness (QED) is 0.860. The van der Waals surface area contributed by atoms with Crippen LogP contribution >= 0.6 is 11.3 Å². The van der Waals surface area contributed by atoms with Gasteiger partial charge in [0.15, 0.2) is 0 Å². The number of pyridine rings is 1. The lowest BCUT2D eigenvalue weighted by Gasteiger charge is -2.02. The highest BCUT2D eigenvalue weighted by molar-refractivity contribution is 7.09. The molecule has 2 aromatic rings. The molecule has 2 aromatic heterocycles. The van der Waals surface area contributed by atoms with E-state index in [-0.39, 0.29) is 5.82 Å². The van der Waals surface area contributed by atoms with Gasteiger partial charge in [-0.05, 0) is 23.6 Å². The number of nitrogens with one attached hydrogen (secondary N) is 1. The Bertz CT molecular complexity index is 397. The lowest BCUT2D eigenvalue weighted by Crippen LogP contribution is -2.12. The Labute approximate surface area is 91.8 Å². The topological polar surface area (TPSA) is 24.9 Å². The number of rotatable bonds is 4. The Morgan fingerprint density at radius 1 is 1.27 bits per heavy atom. The zero-order valence-corrected chi connectivity index (χ0v) is 8.93. The van der Waals surface area contributed by atoms with Gasteiger partial charge in [-0.15, -0.1) is 11.3 Å². The highest BCUT2D eigenvalue weighted by Gasteiger charge is 1.96. The van der Waals surface area contributed by atoms with E-state index in [0.717, 1.165) is 12.2 Å². The van der Waals surface area contributed by atoms with E-state index in [9.17, 15) is 4.39 Å². The van der Waals surface area contributed by atoms with Gasteiger partial charge in [-0.2, -0.15) is 0 Å². The van der Waals surface area contributed by atoms with Gasteiger partial charge >= 0.3 is 0 Å². The molecule has 1 N–H and O–H groups in total. The van der Waals surface area contributed by atoms with E-state index in [2.05, 4.69) is 16.4 Å². The van der Waals surface area contributed by atoms with Gasteiger partial charge in [-0.25, -0.2) is 4.39 Å². The van der Waals surface area contributed by atoms with Crippen molar-refractivity contribution in [1.82, 2.24) is 10.3 Å². The van der Waals surface area contributed by atoms with Crippen molar-refractivity contribution in [2.24, 2.45) is 0 Å². The summed E-state index contributed by atoms with van der Waals surface area (Å²) in [7, 11) is 0. The van der Waals surface area contributed by atoms with Crippen LogP contribution in [0, 0.1) is 5.82 Å². The van der Waals surface area contributed by atoms with Crippen LogP contribution in [0.4, 0.5) is 4.39 Å². The summed E-state index contributed by atoms with van der Waals surface area (Å²) in [5.41, 5.74) is 0.855. The maximum Gasteiger partial charge on any atom is 0.141 e. The summed E-state index contributed by atoms with van der Waals surface area (Å²) in [5, 5.41) is 5.30. The summed E-state index contributed by atoms with van der Waals surface area (Å²) in [6, 6.07) is 7.22. The molecule has 0 aliphatic carbocycles. The summed E-state index contributed by atoms with van der Waals surface area (Å²) in [6.45, 7) is 1.49. The molecular weight excluding hydrogens is 211 g/mol. The van der Waals surface area contributed by atoms with Crippen molar-refractivity contribution >= 4 is 11.3 Å². The zero-order chi connectivity index (χ0) is 10.5. The van der Waals surface area contributed by atoms with E-state index in [4.69, 9.17) is 0 Å². The van der Waals surface area contributed by atoms with Gasteiger partial charge in [0.1, 0.15) is 5.82 Å². The second-order valence-corrected chi connectivity index (χ2v) is 4.18. The number of thiophene rings is 1. The minimum atomic E-state index is -0.294. The van der Waals surface area contributed by atoms with Crippen LogP contribution in [-0.4, -0.2) is 4.98 Å². The third kappa shape index (κ3) is 3.11. The Morgan fingerprint density at radius 3 is 2.87 bits per heavy atom. The van der Waals surface area contributed by atoms with E-state index < -0.39 is 0 Å². The third-order valence-electron chi connectivity index (χ3n) is 1.97. The molecule has 0 saturated carbocycles.